The molecule has 2 N–H and O–H groups in total. The molecule has 80 valence electrons. The fourth-order valence-electron chi connectivity index (χ4n) is 1.06. The molecule has 0 unspecified atom stereocenters. The third-order valence-electron chi connectivity index (χ3n) is 1.95. The van der Waals surface area contributed by atoms with Crippen molar-refractivity contribution >= 4 is 46.4 Å². The van der Waals surface area contributed by atoms with Crippen LogP contribution in [0.4, 0.5) is 5.82 Å². The average molecular weight is 262 g/mol. The Bertz CT molecular complexity index is 393. The van der Waals surface area contributed by atoms with Crippen LogP contribution in [0.25, 0.3) is 0 Å². The summed E-state index contributed by atoms with van der Waals surface area (Å²) in [6.45, 7) is 0. The van der Waals surface area contributed by atoms with Crippen molar-refractivity contribution in [3.63, 3.8) is 0 Å². The molecule has 1 aromatic rings. The molecule has 0 aliphatic heterocycles. The highest BCUT2D eigenvalue weighted by atomic mass is 35.5. The van der Waals surface area contributed by atoms with Crippen LogP contribution in [0.1, 0.15) is 12.8 Å². The van der Waals surface area contributed by atoms with E-state index >= 15 is 0 Å². The Hall–Kier alpha value is -0.580. The van der Waals surface area contributed by atoms with Crippen LogP contribution in [0.5, 0.6) is 0 Å². The number of rotatable bonds is 2. The molecule has 0 bridgehead atoms. The zero-order valence-electron chi connectivity index (χ0n) is 7.76. The normalized spacial score (nSPS) is 14.8. The number of hydrogen-bond donors (Lipinski definition) is 2. The Morgan fingerprint density at radius 1 is 1.47 bits per heavy atom. The van der Waals surface area contributed by atoms with Crippen LogP contribution >= 0.6 is 35.4 Å². The highest BCUT2D eigenvalue weighted by Crippen LogP contribution is 2.23. The Morgan fingerprint density at radius 3 is 2.80 bits per heavy atom. The maximum absolute atomic E-state index is 5.93. The van der Waals surface area contributed by atoms with Crippen molar-refractivity contribution in [1.82, 2.24) is 10.3 Å². The van der Waals surface area contributed by atoms with Gasteiger partial charge in [-0.15, -0.1) is 0 Å². The largest absolute Gasteiger partial charge is 0.360 e. The van der Waals surface area contributed by atoms with Crippen LogP contribution < -0.4 is 10.6 Å². The smallest absolute Gasteiger partial charge is 0.172 e. The standard InChI is InChI=1S/C9H9Cl2N3S/c10-5-3-7(11)8(12-4-5)14-9(15)13-6-1-2-6/h3-4,6H,1-2H2,(H2,12,13,14,15). The summed E-state index contributed by atoms with van der Waals surface area (Å²) < 4.78 is 0. The summed E-state index contributed by atoms with van der Waals surface area (Å²) in [6, 6.07) is 2.13. The molecule has 1 aliphatic carbocycles. The van der Waals surface area contributed by atoms with E-state index in [2.05, 4.69) is 15.6 Å². The topological polar surface area (TPSA) is 37.0 Å². The molecule has 0 atom stereocenters. The second-order valence-electron chi connectivity index (χ2n) is 3.36. The molecule has 1 heterocycles. The maximum atomic E-state index is 5.93. The van der Waals surface area contributed by atoms with Gasteiger partial charge in [0.1, 0.15) is 0 Å². The minimum atomic E-state index is 0.461. The van der Waals surface area contributed by atoms with E-state index in [0.29, 0.717) is 27.0 Å². The highest BCUT2D eigenvalue weighted by Gasteiger charge is 2.22. The second kappa shape index (κ2) is 4.51. The molecule has 1 aromatic heterocycles. The zero-order chi connectivity index (χ0) is 10.8. The lowest BCUT2D eigenvalue weighted by atomic mass is 10.4. The molecule has 0 saturated heterocycles. The Morgan fingerprint density at radius 2 is 2.20 bits per heavy atom. The van der Waals surface area contributed by atoms with Crippen LogP contribution in [0.3, 0.4) is 0 Å². The number of nitrogens with one attached hydrogen (secondary N) is 2. The predicted octanol–water partition coefficient (Wildman–Crippen LogP) is 2.84. The van der Waals surface area contributed by atoms with Crippen LogP contribution in [-0.4, -0.2) is 16.1 Å². The predicted molar refractivity (Wildman–Crippen MR) is 66.6 cm³/mol. The Labute approximate surface area is 103 Å². The van der Waals surface area contributed by atoms with E-state index in [1.165, 1.54) is 19.0 Å². The third-order valence-corrected chi connectivity index (χ3v) is 2.67. The number of hydrogen-bond acceptors (Lipinski definition) is 2. The van der Waals surface area contributed by atoms with E-state index < -0.39 is 0 Å². The van der Waals surface area contributed by atoms with E-state index in [1.54, 1.807) is 6.07 Å². The van der Waals surface area contributed by atoms with Gasteiger partial charge in [0, 0.05) is 12.2 Å². The van der Waals surface area contributed by atoms with Gasteiger partial charge in [-0.25, -0.2) is 4.98 Å². The number of nitrogens with zero attached hydrogens (tertiary/aromatic N) is 1. The summed E-state index contributed by atoms with van der Waals surface area (Å²) in [5.41, 5.74) is 0. The maximum Gasteiger partial charge on any atom is 0.172 e. The second-order valence-corrected chi connectivity index (χ2v) is 4.61. The minimum Gasteiger partial charge on any atom is -0.360 e. The first-order valence-corrected chi connectivity index (χ1v) is 5.70. The zero-order valence-corrected chi connectivity index (χ0v) is 10.1. The Balaban J connectivity index is 1.99. The van der Waals surface area contributed by atoms with Crippen molar-refractivity contribution in [1.29, 1.82) is 0 Å². The number of pyridine rings is 1. The van der Waals surface area contributed by atoms with Gasteiger partial charge in [0.05, 0.1) is 10.0 Å². The summed E-state index contributed by atoms with van der Waals surface area (Å²) in [4.78, 5) is 4.04. The first-order valence-electron chi connectivity index (χ1n) is 4.54. The third kappa shape index (κ3) is 3.19. The molecular formula is C9H9Cl2N3S. The number of thiocarbonyl (C=S) groups is 1. The van der Waals surface area contributed by atoms with E-state index in [4.69, 9.17) is 35.4 Å². The van der Waals surface area contributed by atoms with E-state index in [0.717, 1.165) is 0 Å². The van der Waals surface area contributed by atoms with Crippen LogP contribution in [0.2, 0.25) is 10.0 Å². The van der Waals surface area contributed by atoms with Crippen LogP contribution in [-0.2, 0) is 0 Å². The molecule has 1 aliphatic rings. The van der Waals surface area contributed by atoms with Gasteiger partial charge in [-0.05, 0) is 31.1 Å². The molecule has 2 rings (SSSR count). The van der Waals surface area contributed by atoms with Gasteiger partial charge in [-0.2, -0.15) is 0 Å². The first-order chi connectivity index (χ1) is 7.15. The average Bonchev–Trinajstić information content (AvgIpc) is 2.94. The molecule has 0 spiro atoms. The summed E-state index contributed by atoms with van der Waals surface area (Å²) in [5, 5.41) is 7.58. The number of anilines is 1. The number of halogens is 2. The quantitative estimate of drug-likeness (QED) is 0.803. The molecular weight excluding hydrogens is 253 g/mol. The molecule has 6 heteroatoms. The van der Waals surface area contributed by atoms with Gasteiger partial charge in [0.2, 0.25) is 0 Å². The van der Waals surface area contributed by atoms with Crippen molar-refractivity contribution < 1.29 is 0 Å². The lowest BCUT2D eigenvalue weighted by Gasteiger charge is -2.09. The van der Waals surface area contributed by atoms with Crippen molar-refractivity contribution in [3.05, 3.63) is 22.3 Å². The van der Waals surface area contributed by atoms with E-state index in [-0.39, 0.29) is 0 Å². The first kappa shape index (κ1) is 10.9. The fraction of sp³-hybridized carbons (Fsp3) is 0.333. The summed E-state index contributed by atoms with van der Waals surface area (Å²) in [6.07, 6.45) is 3.86. The van der Waals surface area contributed by atoms with Gasteiger partial charge in [-0.3, -0.25) is 0 Å². The van der Waals surface area contributed by atoms with Crippen molar-refractivity contribution in [2.24, 2.45) is 0 Å². The van der Waals surface area contributed by atoms with Gasteiger partial charge >= 0.3 is 0 Å². The van der Waals surface area contributed by atoms with Crippen molar-refractivity contribution in [2.75, 3.05) is 5.32 Å². The lowest BCUT2D eigenvalue weighted by Crippen LogP contribution is -2.30. The Kier molecular flexibility index (Phi) is 3.29. The molecule has 3 nitrogen and oxygen atoms in total. The van der Waals surface area contributed by atoms with Crippen LogP contribution in [0.15, 0.2) is 12.3 Å². The van der Waals surface area contributed by atoms with E-state index in [1.807, 2.05) is 0 Å². The highest BCUT2D eigenvalue weighted by molar-refractivity contribution is 7.80. The van der Waals surface area contributed by atoms with Gasteiger partial charge in [0.25, 0.3) is 0 Å². The minimum absolute atomic E-state index is 0.461. The molecule has 15 heavy (non-hydrogen) atoms. The van der Waals surface area contributed by atoms with Gasteiger partial charge < -0.3 is 10.6 Å². The summed E-state index contributed by atoms with van der Waals surface area (Å²) in [7, 11) is 0. The van der Waals surface area contributed by atoms with Gasteiger partial charge in [-0.1, -0.05) is 23.2 Å². The monoisotopic (exact) mass is 261 g/mol. The summed E-state index contributed by atoms with van der Waals surface area (Å²) >= 11 is 16.7. The molecule has 1 saturated carbocycles. The number of aromatic nitrogens is 1. The molecule has 0 amide bonds. The van der Waals surface area contributed by atoms with E-state index in [9.17, 15) is 0 Å². The van der Waals surface area contributed by atoms with Crippen molar-refractivity contribution in [2.45, 2.75) is 18.9 Å². The summed E-state index contributed by atoms with van der Waals surface area (Å²) in [5.74, 6) is 0.527. The SMILES string of the molecule is S=C(Nc1ncc(Cl)cc1Cl)NC1CC1. The fourth-order valence-corrected chi connectivity index (χ4v) is 1.75. The molecule has 1 fully saturated rings. The molecule has 0 aromatic carbocycles. The van der Waals surface area contributed by atoms with Crippen molar-refractivity contribution in [3.8, 4) is 0 Å². The van der Waals surface area contributed by atoms with Gasteiger partial charge in [0.15, 0.2) is 10.9 Å². The lowest BCUT2D eigenvalue weighted by molar-refractivity contribution is 0.918. The van der Waals surface area contributed by atoms with Crippen LogP contribution in [0, 0.1) is 0 Å². The molecule has 0 radical (unpaired) electrons.